The van der Waals surface area contributed by atoms with Gasteiger partial charge in [0.15, 0.2) is 5.58 Å². The van der Waals surface area contributed by atoms with Crippen molar-refractivity contribution >= 4 is 28.8 Å². The van der Waals surface area contributed by atoms with E-state index in [1.807, 2.05) is 31.2 Å². The van der Waals surface area contributed by atoms with E-state index < -0.39 is 5.76 Å². The standard InChI is InChI=1S/C17H14N2O3/c1-11-2-4-12(5-3-11)6-9-16(20)18-13-7-8-15-14(10-13)19-17(21)22-15/h2-10H,1H3,(H,18,20)(H,19,21)/b9-6+. The van der Waals surface area contributed by atoms with Gasteiger partial charge in [-0.25, -0.2) is 4.79 Å². The molecule has 0 fully saturated rings. The Morgan fingerprint density at radius 2 is 1.95 bits per heavy atom. The highest BCUT2D eigenvalue weighted by molar-refractivity contribution is 6.02. The summed E-state index contributed by atoms with van der Waals surface area (Å²) in [6, 6.07) is 12.8. The van der Waals surface area contributed by atoms with Gasteiger partial charge in [-0.2, -0.15) is 0 Å². The van der Waals surface area contributed by atoms with Gasteiger partial charge < -0.3 is 9.73 Å². The van der Waals surface area contributed by atoms with Crippen LogP contribution in [0.3, 0.4) is 0 Å². The van der Waals surface area contributed by atoms with Crippen molar-refractivity contribution in [2.75, 3.05) is 5.32 Å². The SMILES string of the molecule is Cc1ccc(/C=C/C(=O)Nc2ccc3oc(=O)[nH]c3c2)cc1. The number of hydrogen-bond donors (Lipinski definition) is 2. The van der Waals surface area contributed by atoms with Crippen molar-refractivity contribution in [3.8, 4) is 0 Å². The Hall–Kier alpha value is -3.08. The van der Waals surface area contributed by atoms with E-state index in [2.05, 4.69) is 10.3 Å². The van der Waals surface area contributed by atoms with Crippen molar-refractivity contribution < 1.29 is 9.21 Å². The molecule has 110 valence electrons. The van der Waals surface area contributed by atoms with E-state index in [-0.39, 0.29) is 5.91 Å². The second-order valence-corrected chi connectivity index (χ2v) is 4.96. The molecule has 2 N–H and O–H groups in total. The average molecular weight is 294 g/mol. The molecule has 5 heteroatoms. The summed E-state index contributed by atoms with van der Waals surface area (Å²) in [5.74, 6) is -0.761. The highest BCUT2D eigenvalue weighted by atomic mass is 16.4. The summed E-state index contributed by atoms with van der Waals surface area (Å²) in [4.78, 5) is 25.5. The zero-order chi connectivity index (χ0) is 15.5. The van der Waals surface area contributed by atoms with Gasteiger partial charge in [-0.05, 0) is 36.8 Å². The average Bonchev–Trinajstić information content (AvgIpc) is 2.86. The predicted octanol–water partition coefficient (Wildman–Crippen LogP) is 3.08. The number of carbonyl (C=O) groups excluding carboxylic acids is 1. The summed E-state index contributed by atoms with van der Waals surface area (Å²) in [5.41, 5.74) is 3.71. The van der Waals surface area contributed by atoms with E-state index in [0.717, 1.165) is 5.56 Å². The number of hydrogen-bond acceptors (Lipinski definition) is 3. The summed E-state index contributed by atoms with van der Waals surface area (Å²) in [6.07, 6.45) is 3.21. The van der Waals surface area contributed by atoms with E-state index in [1.165, 1.54) is 11.6 Å². The van der Waals surface area contributed by atoms with Crippen LogP contribution >= 0.6 is 0 Å². The lowest BCUT2D eigenvalue weighted by atomic mass is 10.1. The van der Waals surface area contributed by atoms with Crippen molar-refractivity contribution in [3.05, 3.63) is 70.2 Å². The van der Waals surface area contributed by atoms with E-state index >= 15 is 0 Å². The third-order valence-electron chi connectivity index (χ3n) is 3.19. The number of aromatic amines is 1. The maximum absolute atomic E-state index is 11.9. The minimum Gasteiger partial charge on any atom is -0.408 e. The van der Waals surface area contributed by atoms with Gasteiger partial charge in [0.05, 0.1) is 5.52 Å². The van der Waals surface area contributed by atoms with Crippen LogP contribution in [0, 0.1) is 6.92 Å². The molecular formula is C17H14N2O3. The fraction of sp³-hybridized carbons (Fsp3) is 0.0588. The van der Waals surface area contributed by atoms with Crippen LogP contribution in [-0.2, 0) is 4.79 Å². The van der Waals surface area contributed by atoms with Crippen LogP contribution in [-0.4, -0.2) is 10.9 Å². The molecule has 22 heavy (non-hydrogen) atoms. The van der Waals surface area contributed by atoms with E-state index in [4.69, 9.17) is 4.42 Å². The minimum absolute atomic E-state index is 0.245. The fourth-order valence-corrected chi connectivity index (χ4v) is 2.06. The molecule has 5 nitrogen and oxygen atoms in total. The lowest BCUT2D eigenvalue weighted by Crippen LogP contribution is -2.07. The van der Waals surface area contributed by atoms with Gasteiger partial charge in [-0.3, -0.25) is 9.78 Å². The second kappa shape index (κ2) is 5.73. The van der Waals surface area contributed by atoms with Gasteiger partial charge in [0.2, 0.25) is 5.91 Å². The van der Waals surface area contributed by atoms with Crippen molar-refractivity contribution in [2.24, 2.45) is 0 Å². The molecular weight excluding hydrogens is 280 g/mol. The maximum Gasteiger partial charge on any atom is 0.417 e. The zero-order valence-corrected chi connectivity index (χ0v) is 11.9. The monoisotopic (exact) mass is 294 g/mol. The number of nitrogens with one attached hydrogen (secondary N) is 2. The Morgan fingerprint density at radius 1 is 1.18 bits per heavy atom. The number of H-pyrrole nitrogens is 1. The molecule has 0 bridgehead atoms. The number of aryl methyl sites for hydroxylation is 1. The highest BCUT2D eigenvalue weighted by Gasteiger charge is 2.03. The van der Waals surface area contributed by atoms with E-state index in [1.54, 1.807) is 24.3 Å². The van der Waals surface area contributed by atoms with E-state index in [9.17, 15) is 9.59 Å². The lowest BCUT2D eigenvalue weighted by Gasteiger charge is -2.01. The molecule has 0 aliphatic carbocycles. The first-order chi connectivity index (χ1) is 10.6. The summed E-state index contributed by atoms with van der Waals surface area (Å²) in [6.45, 7) is 2.01. The molecule has 1 heterocycles. The largest absolute Gasteiger partial charge is 0.417 e. The van der Waals surface area contributed by atoms with Crippen LogP contribution in [0.5, 0.6) is 0 Å². The number of aromatic nitrogens is 1. The number of oxazole rings is 1. The Bertz CT molecular complexity index is 902. The molecule has 0 unspecified atom stereocenters. The van der Waals surface area contributed by atoms with Gasteiger partial charge >= 0.3 is 5.76 Å². The Labute approximate surface area is 126 Å². The third kappa shape index (κ3) is 3.15. The van der Waals surface area contributed by atoms with Crippen molar-refractivity contribution in [2.45, 2.75) is 6.92 Å². The van der Waals surface area contributed by atoms with Gasteiger partial charge in [-0.1, -0.05) is 29.8 Å². The van der Waals surface area contributed by atoms with Gasteiger partial charge in [0, 0.05) is 11.8 Å². The highest BCUT2D eigenvalue weighted by Crippen LogP contribution is 2.16. The number of benzene rings is 2. The van der Waals surface area contributed by atoms with Crippen LogP contribution in [0.15, 0.2) is 57.8 Å². The van der Waals surface area contributed by atoms with Crippen molar-refractivity contribution in [1.29, 1.82) is 0 Å². The molecule has 0 atom stereocenters. The van der Waals surface area contributed by atoms with Gasteiger partial charge in [0.25, 0.3) is 0 Å². The first-order valence-electron chi connectivity index (χ1n) is 6.79. The number of carbonyl (C=O) groups is 1. The number of fused-ring (bicyclic) bond motifs is 1. The Balaban J connectivity index is 1.72. The predicted molar refractivity (Wildman–Crippen MR) is 85.7 cm³/mol. The van der Waals surface area contributed by atoms with Crippen molar-refractivity contribution in [1.82, 2.24) is 4.98 Å². The van der Waals surface area contributed by atoms with Crippen LogP contribution in [0.4, 0.5) is 5.69 Å². The third-order valence-corrected chi connectivity index (χ3v) is 3.19. The second-order valence-electron chi connectivity index (χ2n) is 4.96. The minimum atomic E-state index is -0.516. The molecule has 2 aromatic carbocycles. The molecule has 1 amide bonds. The van der Waals surface area contributed by atoms with Gasteiger partial charge in [-0.15, -0.1) is 0 Å². The quantitative estimate of drug-likeness (QED) is 0.729. The molecule has 0 saturated carbocycles. The molecule has 0 saturated heterocycles. The van der Waals surface area contributed by atoms with Crippen molar-refractivity contribution in [3.63, 3.8) is 0 Å². The topological polar surface area (TPSA) is 75.1 Å². The zero-order valence-electron chi connectivity index (χ0n) is 11.9. The fourth-order valence-electron chi connectivity index (χ4n) is 2.06. The molecule has 0 aliphatic rings. The first kappa shape index (κ1) is 13.9. The summed E-state index contributed by atoms with van der Waals surface area (Å²) in [5, 5.41) is 2.74. The van der Waals surface area contributed by atoms with Crippen LogP contribution in [0.25, 0.3) is 17.2 Å². The normalized spacial score (nSPS) is 11.1. The van der Waals surface area contributed by atoms with Crippen LogP contribution in [0.1, 0.15) is 11.1 Å². The summed E-state index contributed by atoms with van der Waals surface area (Å²) >= 11 is 0. The lowest BCUT2D eigenvalue weighted by molar-refractivity contribution is -0.111. The van der Waals surface area contributed by atoms with E-state index in [0.29, 0.717) is 16.8 Å². The Kier molecular flexibility index (Phi) is 3.62. The molecule has 0 radical (unpaired) electrons. The van der Waals surface area contributed by atoms with Crippen LogP contribution < -0.4 is 11.1 Å². The number of rotatable bonds is 3. The number of amides is 1. The molecule has 0 spiro atoms. The summed E-state index contributed by atoms with van der Waals surface area (Å²) in [7, 11) is 0. The van der Waals surface area contributed by atoms with Gasteiger partial charge in [0.1, 0.15) is 0 Å². The molecule has 0 aliphatic heterocycles. The summed E-state index contributed by atoms with van der Waals surface area (Å²) < 4.78 is 4.91. The molecule has 1 aromatic heterocycles. The van der Waals surface area contributed by atoms with Crippen LogP contribution in [0.2, 0.25) is 0 Å². The molecule has 3 aromatic rings. The smallest absolute Gasteiger partial charge is 0.408 e. The maximum atomic E-state index is 11.9. The Morgan fingerprint density at radius 3 is 2.73 bits per heavy atom. The molecule has 3 rings (SSSR count). The first-order valence-corrected chi connectivity index (χ1v) is 6.79. The number of anilines is 1.